The smallest absolute Gasteiger partial charge is 0.0467 e. The second-order valence-corrected chi connectivity index (χ2v) is 32.1. The van der Waals surface area contributed by atoms with Gasteiger partial charge < -0.3 is 9.80 Å². The number of benzene rings is 16. The van der Waals surface area contributed by atoms with Crippen molar-refractivity contribution in [2.24, 2.45) is 0 Å². The maximum Gasteiger partial charge on any atom is 0.0467 e. The number of hydrogen-bond donors (Lipinski definition) is 0. The van der Waals surface area contributed by atoms with Gasteiger partial charge in [0.1, 0.15) is 0 Å². The fourth-order valence-corrected chi connectivity index (χ4v) is 18.1. The highest BCUT2D eigenvalue weighted by atomic mass is 15.1. The molecule has 16 aromatic rings. The summed E-state index contributed by atoms with van der Waals surface area (Å²) in [6, 6.07) is 133. The minimum atomic E-state index is -0.113. The molecule has 0 bridgehead atoms. The van der Waals surface area contributed by atoms with Gasteiger partial charge in [-0.05, 0) is 277 Å². The van der Waals surface area contributed by atoms with Gasteiger partial charge in [0.15, 0.2) is 0 Å². The quantitative estimate of drug-likeness (QED) is 0.0845. The van der Waals surface area contributed by atoms with Crippen LogP contribution in [0.3, 0.4) is 0 Å². The third-order valence-electron chi connectivity index (χ3n) is 23.3. The Morgan fingerprint density at radius 2 is 0.416 bits per heavy atom. The summed E-state index contributed by atoms with van der Waals surface area (Å²) in [5.74, 6) is 0. The molecule has 1 aliphatic rings. The summed E-state index contributed by atoms with van der Waals surface area (Å²) in [4.78, 5) is 4.92. The summed E-state index contributed by atoms with van der Waals surface area (Å²) in [7, 11) is 0. The Morgan fingerprint density at radius 3 is 0.699 bits per heavy atom. The third kappa shape index (κ3) is 15.2. The second kappa shape index (κ2) is 31.1. The Balaban J connectivity index is 0.715. The molecular formula is C111H96N2. The SMILES string of the molecule is Cc1cc(C)cc(-c2ccc(C)cc2-c2cccc(N(c3cccc(-c4ccc(C5(c6ccc(-c7cccc(N(c8cccc(-c9cc(C)ccc9-c9cc(C)cc(C)c9)c8)c8cccc(-c9cc(C)ccc9-c9cc(C)cc(C)c9)c8)c7)cc6)CCCC5)cc4)c3)c3cccc(-c4cc(C)ccc4-c4ccccc4)c3)c2)c1. The number of anilines is 6. The highest BCUT2D eigenvalue weighted by molar-refractivity contribution is 5.94. The van der Waals surface area contributed by atoms with E-state index in [9.17, 15) is 0 Å². The molecule has 0 amide bonds. The lowest BCUT2D eigenvalue weighted by Crippen LogP contribution is -2.23. The average molecular weight is 1460 g/mol. The van der Waals surface area contributed by atoms with Gasteiger partial charge in [-0.25, -0.2) is 0 Å². The largest absolute Gasteiger partial charge is 0.310 e. The molecule has 0 N–H and O–H groups in total. The minimum absolute atomic E-state index is 0.113. The zero-order valence-electron chi connectivity index (χ0n) is 66.7. The van der Waals surface area contributed by atoms with Crippen LogP contribution in [0.4, 0.5) is 34.1 Å². The molecule has 2 heteroatoms. The summed E-state index contributed by atoms with van der Waals surface area (Å²) >= 11 is 0. The first-order valence-corrected chi connectivity index (χ1v) is 40.2. The highest BCUT2D eigenvalue weighted by Crippen LogP contribution is 2.50. The third-order valence-corrected chi connectivity index (χ3v) is 23.3. The van der Waals surface area contributed by atoms with Crippen LogP contribution in [0.1, 0.15) is 92.4 Å². The number of aryl methyl sites for hydroxylation is 10. The molecule has 113 heavy (non-hydrogen) atoms. The maximum atomic E-state index is 2.47. The van der Waals surface area contributed by atoms with Gasteiger partial charge in [0.05, 0.1) is 0 Å². The van der Waals surface area contributed by atoms with Crippen LogP contribution in [-0.4, -0.2) is 0 Å². The zero-order valence-corrected chi connectivity index (χ0v) is 66.7. The fourth-order valence-electron chi connectivity index (χ4n) is 18.1. The van der Waals surface area contributed by atoms with E-state index in [1.165, 1.54) is 191 Å². The summed E-state index contributed by atoms with van der Waals surface area (Å²) in [5.41, 5.74) is 45.7. The van der Waals surface area contributed by atoms with Gasteiger partial charge >= 0.3 is 0 Å². The van der Waals surface area contributed by atoms with Gasteiger partial charge in [-0.2, -0.15) is 0 Å². The first kappa shape index (κ1) is 73.0. The first-order chi connectivity index (χ1) is 55.0. The lowest BCUT2D eigenvalue weighted by molar-refractivity contribution is 0.535. The van der Waals surface area contributed by atoms with E-state index in [4.69, 9.17) is 0 Å². The minimum Gasteiger partial charge on any atom is -0.310 e. The van der Waals surface area contributed by atoms with Crippen LogP contribution in [0, 0.1) is 69.2 Å². The summed E-state index contributed by atoms with van der Waals surface area (Å²) < 4.78 is 0. The van der Waals surface area contributed by atoms with E-state index in [1.807, 2.05) is 0 Å². The van der Waals surface area contributed by atoms with Gasteiger partial charge in [0.25, 0.3) is 0 Å². The molecular weight excluding hydrogens is 1360 g/mol. The lowest BCUT2D eigenvalue weighted by Gasteiger charge is -2.31. The van der Waals surface area contributed by atoms with E-state index in [2.05, 4.69) is 431 Å². The molecule has 0 aromatic heterocycles. The number of nitrogens with zero attached hydrogens (tertiary/aromatic N) is 2. The monoisotopic (exact) mass is 1460 g/mol. The molecule has 0 unspecified atom stereocenters. The van der Waals surface area contributed by atoms with Gasteiger partial charge in [-0.3, -0.25) is 0 Å². The average Bonchev–Trinajstić information content (AvgIpc) is 1.75. The zero-order chi connectivity index (χ0) is 77.4. The number of rotatable bonds is 18. The molecule has 0 aliphatic heterocycles. The Hall–Kier alpha value is -12.9. The van der Waals surface area contributed by atoms with E-state index in [1.54, 1.807) is 0 Å². The van der Waals surface area contributed by atoms with Crippen molar-refractivity contribution in [2.45, 2.75) is 100 Å². The molecule has 0 radical (unpaired) electrons. The van der Waals surface area contributed by atoms with Gasteiger partial charge in [-0.15, -0.1) is 0 Å². The number of hydrogen-bond acceptors (Lipinski definition) is 2. The van der Waals surface area contributed by atoms with Gasteiger partial charge in [0, 0.05) is 39.5 Å². The maximum absolute atomic E-state index is 2.47. The molecule has 0 saturated heterocycles. The summed E-state index contributed by atoms with van der Waals surface area (Å²) in [6.45, 7) is 22.0. The fraction of sp³-hybridized carbons (Fsp3) is 0.135. The van der Waals surface area contributed by atoms with Crippen LogP contribution in [0.2, 0.25) is 0 Å². The molecule has 1 saturated carbocycles. The lowest BCUT2D eigenvalue weighted by atomic mass is 9.72. The molecule has 17 rings (SSSR count). The summed E-state index contributed by atoms with van der Waals surface area (Å²) in [6.07, 6.45) is 4.58. The van der Waals surface area contributed by atoms with Crippen molar-refractivity contribution in [1.29, 1.82) is 0 Å². The van der Waals surface area contributed by atoms with Crippen molar-refractivity contribution in [3.8, 4) is 111 Å². The Bertz CT molecular complexity index is 6040. The first-order valence-electron chi connectivity index (χ1n) is 40.2. The predicted molar refractivity (Wildman–Crippen MR) is 483 cm³/mol. The van der Waals surface area contributed by atoms with E-state index in [0.717, 1.165) is 47.0 Å². The van der Waals surface area contributed by atoms with Crippen LogP contribution in [-0.2, 0) is 5.41 Å². The molecule has 1 aliphatic carbocycles. The van der Waals surface area contributed by atoms with Crippen LogP contribution < -0.4 is 9.80 Å². The predicted octanol–water partition coefficient (Wildman–Crippen LogP) is 31.2. The van der Waals surface area contributed by atoms with E-state index < -0.39 is 0 Å². The Labute approximate surface area is 669 Å². The standard InChI is InChI=1S/C111H96N2/c1-73-36-48-103(85-22-12-11-13-23-85)107(63-73)88-26-18-32-99(69-88)112(100-33-19-27-89(70-100)108-64-74(2)37-49-104(108)92-57-77(5)54-78(6)58-92)97-30-16-24-86(67-97)83-40-44-95(45-41-83)111(52-14-15-53-111)96-46-42-84(43-47-96)87-25-17-31-98(68-87)113(101-34-20-28-90(71-101)109-65-75(3)38-50-105(109)93-59-79(7)55-80(8)60-93)102-35-21-29-91(72-102)110-66-76(4)39-51-106(110)94-61-81(9)56-82(10)62-94/h11-13,16-51,54-72H,14-15,52-53H2,1-10H3. The van der Waals surface area contributed by atoms with E-state index in [0.29, 0.717) is 0 Å². The second-order valence-electron chi connectivity index (χ2n) is 32.1. The molecule has 0 atom stereocenters. The van der Waals surface area contributed by atoms with Crippen LogP contribution in [0.25, 0.3) is 111 Å². The highest BCUT2D eigenvalue weighted by Gasteiger charge is 2.37. The van der Waals surface area contributed by atoms with Crippen LogP contribution >= 0.6 is 0 Å². The van der Waals surface area contributed by atoms with Crippen molar-refractivity contribution >= 4 is 34.1 Å². The normalized spacial score (nSPS) is 12.4. The molecule has 0 heterocycles. The molecule has 16 aromatic carbocycles. The van der Waals surface area contributed by atoms with Crippen LogP contribution in [0.5, 0.6) is 0 Å². The Kier molecular flexibility index (Phi) is 20.1. The van der Waals surface area contributed by atoms with Gasteiger partial charge in [0.2, 0.25) is 0 Å². The van der Waals surface area contributed by atoms with Crippen molar-refractivity contribution in [3.05, 3.63) is 419 Å². The van der Waals surface area contributed by atoms with Crippen molar-refractivity contribution < 1.29 is 0 Å². The van der Waals surface area contributed by atoms with Crippen molar-refractivity contribution in [1.82, 2.24) is 0 Å². The molecule has 1 fully saturated rings. The van der Waals surface area contributed by atoms with E-state index >= 15 is 0 Å². The van der Waals surface area contributed by atoms with Crippen molar-refractivity contribution in [3.63, 3.8) is 0 Å². The van der Waals surface area contributed by atoms with Crippen LogP contribution in [0.15, 0.2) is 352 Å². The Morgan fingerprint density at radius 1 is 0.168 bits per heavy atom. The molecule has 0 spiro atoms. The molecule has 2 nitrogen and oxygen atoms in total. The van der Waals surface area contributed by atoms with E-state index in [-0.39, 0.29) is 5.41 Å². The topological polar surface area (TPSA) is 6.48 Å². The molecule has 550 valence electrons. The summed E-state index contributed by atoms with van der Waals surface area (Å²) in [5, 5.41) is 0. The van der Waals surface area contributed by atoms with Gasteiger partial charge in [-0.1, -0.05) is 348 Å². The van der Waals surface area contributed by atoms with Crippen molar-refractivity contribution in [2.75, 3.05) is 9.80 Å².